The van der Waals surface area contributed by atoms with E-state index < -0.39 is 0 Å². The van der Waals surface area contributed by atoms with Gasteiger partial charge < -0.3 is 5.32 Å². The molecule has 1 aromatic carbocycles. The number of likely N-dealkylation sites (N-methyl/N-ethyl adjacent to an activating group) is 1. The van der Waals surface area contributed by atoms with E-state index >= 15 is 0 Å². The molecule has 0 spiro atoms. The van der Waals surface area contributed by atoms with Crippen molar-refractivity contribution in [3.8, 4) is 0 Å². The smallest absolute Gasteiger partial charge is 0.0175 e. The monoisotopic (exact) mass is 329 g/mol. The first-order valence-corrected chi connectivity index (χ1v) is 8.76. The lowest BCUT2D eigenvalue weighted by Crippen LogP contribution is -2.21. The van der Waals surface area contributed by atoms with Crippen molar-refractivity contribution in [3.05, 3.63) is 34.3 Å². The van der Waals surface area contributed by atoms with Gasteiger partial charge in [-0.1, -0.05) is 41.9 Å². The summed E-state index contributed by atoms with van der Waals surface area (Å²) in [6.45, 7) is 6.55. The minimum atomic E-state index is 0.649. The van der Waals surface area contributed by atoms with Crippen molar-refractivity contribution in [3.63, 3.8) is 0 Å². The summed E-state index contributed by atoms with van der Waals surface area (Å²) >= 11 is 5.55. The van der Waals surface area contributed by atoms with Crippen molar-refractivity contribution in [2.75, 3.05) is 24.6 Å². The Morgan fingerprint density at radius 2 is 1.94 bits per heavy atom. The molecule has 0 aromatic heterocycles. The molecule has 1 rings (SSSR count). The third kappa shape index (κ3) is 6.26. The lowest BCUT2D eigenvalue weighted by Gasteiger charge is -2.18. The molecular weight excluding hydrogens is 306 g/mol. The average Bonchev–Trinajstić information content (AvgIpc) is 2.39. The van der Waals surface area contributed by atoms with Crippen molar-refractivity contribution >= 4 is 27.7 Å². The normalized spacial score (nSPS) is 12.6. The third-order valence-corrected chi connectivity index (χ3v) is 4.54. The molecule has 0 bridgehead atoms. The van der Waals surface area contributed by atoms with E-state index in [1.54, 1.807) is 0 Å². The minimum absolute atomic E-state index is 0.649. The van der Waals surface area contributed by atoms with Gasteiger partial charge in [-0.05, 0) is 54.5 Å². The summed E-state index contributed by atoms with van der Waals surface area (Å²) in [5, 5.41) is 3.48. The lowest BCUT2D eigenvalue weighted by atomic mass is 9.94. The molecule has 1 N–H and O–H groups in total. The molecule has 0 radical (unpaired) electrons. The zero-order valence-corrected chi connectivity index (χ0v) is 13.8. The van der Waals surface area contributed by atoms with Crippen LogP contribution in [0.1, 0.15) is 38.2 Å². The van der Waals surface area contributed by atoms with Gasteiger partial charge in [0.15, 0.2) is 0 Å². The van der Waals surface area contributed by atoms with Crippen LogP contribution in [-0.2, 0) is 0 Å². The maximum Gasteiger partial charge on any atom is 0.0175 e. The number of rotatable bonds is 9. The van der Waals surface area contributed by atoms with Crippen LogP contribution in [0, 0.1) is 0 Å². The summed E-state index contributed by atoms with van der Waals surface area (Å²) in [5.41, 5.74) is 1.46. The van der Waals surface area contributed by atoms with Crippen molar-refractivity contribution in [1.29, 1.82) is 0 Å². The van der Waals surface area contributed by atoms with Crippen LogP contribution in [0.4, 0.5) is 0 Å². The second-order valence-corrected chi connectivity index (χ2v) is 6.70. The minimum Gasteiger partial charge on any atom is -0.316 e. The van der Waals surface area contributed by atoms with Crippen molar-refractivity contribution in [2.24, 2.45) is 0 Å². The molecule has 0 amide bonds. The Kier molecular flexibility index (Phi) is 8.82. The zero-order valence-electron chi connectivity index (χ0n) is 11.4. The fraction of sp³-hybridized carbons (Fsp3) is 0.600. The molecule has 0 saturated heterocycles. The highest BCUT2D eigenvalue weighted by atomic mass is 79.9. The topological polar surface area (TPSA) is 12.0 Å². The molecule has 0 aliphatic carbocycles. The van der Waals surface area contributed by atoms with Crippen LogP contribution in [-0.4, -0.2) is 24.6 Å². The molecule has 18 heavy (non-hydrogen) atoms. The van der Waals surface area contributed by atoms with E-state index in [-0.39, 0.29) is 0 Å². The molecule has 1 unspecified atom stereocenters. The van der Waals surface area contributed by atoms with Crippen LogP contribution < -0.4 is 5.32 Å². The Balaban J connectivity index is 2.51. The summed E-state index contributed by atoms with van der Waals surface area (Å²) in [7, 11) is 0. The fourth-order valence-corrected chi connectivity index (χ4v) is 2.94. The molecule has 1 aromatic rings. The summed E-state index contributed by atoms with van der Waals surface area (Å²) in [5.74, 6) is 3.17. The van der Waals surface area contributed by atoms with Crippen molar-refractivity contribution in [1.82, 2.24) is 5.32 Å². The fourth-order valence-electron chi connectivity index (χ4n) is 2.02. The van der Waals surface area contributed by atoms with Crippen LogP contribution in [0.2, 0.25) is 0 Å². The van der Waals surface area contributed by atoms with Crippen molar-refractivity contribution < 1.29 is 0 Å². The molecule has 0 heterocycles. The van der Waals surface area contributed by atoms with E-state index in [1.165, 1.54) is 29.9 Å². The number of nitrogens with one attached hydrogen (secondary N) is 1. The summed E-state index contributed by atoms with van der Waals surface area (Å²) in [6, 6.07) is 8.79. The molecular formula is C15H24BrNS. The highest BCUT2D eigenvalue weighted by molar-refractivity contribution is 9.10. The largest absolute Gasteiger partial charge is 0.316 e. The van der Waals surface area contributed by atoms with E-state index in [9.17, 15) is 0 Å². The molecule has 3 heteroatoms. The van der Waals surface area contributed by atoms with Crippen LogP contribution in [0.25, 0.3) is 0 Å². The van der Waals surface area contributed by atoms with Gasteiger partial charge in [-0.2, -0.15) is 11.8 Å². The predicted octanol–water partition coefficient (Wildman–Crippen LogP) is 4.68. The quantitative estimate of drug-likeness (QED) is 0.660. The SMILES string of the molecule is CCNCC(CCCSCC)c1ccc(Br)cc1. The Morgan fingerprint density at radius 3 is 2.56 bits per heavy atom. The Morgan fingerprint density at radius 1 is 1.22 bits per heavy atom. The van der Waals surface area contributed by atoms with Crippen LogP contribution in [0.5, 0.6) is 0 Å². The van der Waals surface area contributed by atoms with E-state index in [0.29, 0.717) is 5.92 Å². The van der Waals surface area contributed by atoms with Gasteiger partial charge in [0.25, 0.3) is 0 Å². The van der Waals surface area contributed by atoms with E-state index in [4.69, 9.17) is 0 Å². The van der Waals surface area contributed by atoms with Gasteiger partial charge in [-0.15, -0.1) is 0 Å². The van der Waals surface area contributed by atoms with Gasteiger partial charge in [0.05, 0.1) is 0 Å². The number of halogens is 1. The average molecular weight is 330 g/mol. The number of benzene rings is 1. The second-order valence-electron chi connectivity index (χ2n) is 4.40. The molecule has 102 valence electrons. The highest BCUT2D eigenvalue weighted by Crippen LogP contribution is 2.23. The predicted molar refractivity (Wildman–Crippen MR) is 87.7 cm³/mol. The standard InChI is InChI=1S/C15H24BrNS/c1-3-17-12-14(6-5-11-18-4-2)13-7-9-15(16)10-8-13/h7-10,14,17H,3-6,11-12H2,1-2H3. The second kappa shape index (κ2) is 9.88. The first-order valence-electron chi connectivity index (χ1n) is 6.81. The van der Waals surface area contributed by atoms with Crippen LogP contribution in [0.3, 0.4) is 0 Å². The van der Waals surface area contributed by atoms with Gasteiger partial charge in [-0.25, -0.2) is 0 Å². The molecule has 1 atom stereocenters. The molecule has 0 fully saturated rings. The van der Waals surface area contributed by atoms with E-state index in [1.807, 2.05) is 11.8 Å². The van der Waals surface area contributed by atoms with Gasteiger partial charge in [0.2, 0.25) is 0 Å². The van der Waals surface area contributed by atoms with E-state index in [2.05, 4.69) is 59.4 Å². The first-order chi connectivity index (χ1) is 8.77. The third-order valence-electron chi connectivity index (χ3n) is 3.03. The Hall–Kier alpha value is 0.01000. The van der Waals surface area contributed by atoms with Gasteiger partial charge in [0.1, 0.15) is 0 Å². The summed E-state index contributed by atoms with van der Waals surface area (Å²) in [4.78, 5) is 0. The molecule has 0 aliphatic rings. The van der Waals surface area contributed by atoms with Gasteiger partial charge in [0, 0.05) is 11.0 Å². The zero-order chi connectivity index (χ0) is 13.2. The molecule has 1 nitrogen and oxygen atoms in total. The Bertz CT molecular complexity index is 313. The summed E-state index contributed by atoms with van der Waals surface area (Å²) < 4.78 is 1.16. The maximum absolute atomic E-state index is 3.50. The number of thioether (sulfide) groups is 1. The maximum atomic E-state index is 3.50. The lowest BCUT2D eigenvalue weighted by molar-refractivity contribution is 0.557. The molecule has 0 saturated carbocycles. The van der Waals surface area contributed by atoms with E-state index in [0.717, 1.165) is 17.6 Å². The number of hydrogen-bond acceptors (Lipinski definition) is 2. The highest BCUT2D eigenvalue weighted by Gasteiger charge is 2.10. The Labute approximate surface area is 124 Å². The van der Waals surface area contributed by atoms with Gasteiger partial charge in [-0.3, -0.25) is 0 Å². The first kappa shape index (κ1) is 16.1. The van der Waals surface area contributed by atoms with Crippen molar-refractivity contribution in [2.45, 2.75) is 32.6 Å². The van der Waals surface area contributed by atoms with Gasteiger partial charge >= 0.3 is 0 Å². The number of hydrogen-bond donors (Lipinski definition) is 1. The van der Waals surface area contributed by atoms with Crippen LogP contribution >= 0.6 is 27.7 Å². The molecule has 0 aliphatic heterocycles. The summed E-state index contributed by atoms with van der Waals surface area (Å²) in [6.07, 6.45) is 2.59. The van der Waals surface area contributed by atoms with Crippen LogP contribution in [0.15, 0.2) is 28.7 Å².